The van der Waals surface area contributed by atoms with E-state index in [1.807, 2.05) is 29.6 Å². The van der Waals surface area contributed by atoms with E-state index in [1.54, 1.807) is 48.8 Å². The predicted octanol–water partition coefficient (Wildman–Crippen LogP) is 3.69. The first-order valence-electron chi connectivity index (χ1n) is 12.6. The van der Waals surface area contributed by atoms with E-state index < -0.39 is 0 Å². The third-order valence-corrected chi connectivity index (χ3v) is 6.73. The van der Waals surface area contributed by atoms with Crippen LogP contribution in [-0.2, 0) is 7.05 Å². The summed E-state index contributed by atoms with van der Waals surface area (Å²) in [5, 5.41) is 22.9. The number of aliphatic hydroxyl groups is 1. The summed E-state index contributed by atoms with van der Waals surface area (Å²) in [7, 11) is 3.45. The van der Waals surface area contributed by atoms with E-state index in [-0.39, 0.29) is 0 Å². The maximum Gasteiger partial charge on any atom is 0.240 e. The van der Waals surface area contributed by atoms with Crippen molar-refractivity contribution in [1.82, 2.24) is 34.0 Å². The molecule has 194 valence electrons. The average Bonchev–Trinajstić information content (AvgIpc) is 3.60. The molecule has 0 atom stereocenters. The number of ether oxygens (including phenoxy) is 1. The fraction of sp³-hybridized carbons (Fsp3) is 0.321. The van der Waals surface area contributed by atoms with Crippen molar-refractivity contribution in [2.75, 3.05) is 33.4 Å². The van der Waals surface area contributed by atoms with E-state index in [4.69, 9.17) is 20.1 Å². The lowest BCUT2D eigenvalue weighted by atomic mass is 10.0. The molecule has 6 rings (SSSR count). The Morgan fingerprint density at radius 2 is 1.84 bits per heavy atom. The molecule has 0 bridgehead atoms. The second kappa shape index (κ2) is 11.4. The van der Waals surface area contributed by atoms with Crippen molar-refractivity contribution in [1.29, 1.82) is 5.26 Å². The maximum atomic E-state index is 9.12. The minimum atomic E-state index is 0.319. The normalized spacial score (nSPS) is 13.7. The Labute approximate surface area is 220 Å². The Bertz CT molecular complexity index is 1570. The number of pyridine rings is 1. The van der Waals surface area contributed by atoms with Gasteiger partial charge in [0.1, 0.15) is 5.52 Å². The molecule has 4 aromatic heterocycles. The van der Waals surface area contributed by atoms with Gasteiger partial charge in [-0.05, 0) is 44.1 Å². The van der Waals surface area contributed by atoms with Gasteiger partial charge in [0.15, 0.2) is 5.65 Å². The molecule has 0 spiro atoms. The van der Waals surface area contributed by atoms with Crippen molar-refractivity contribution < 1.29 is 9.84 Å². The third-order valence-electron chi connectivity index (χ3n) is 6.73. The number of nitriles is 1. The van der Waals surface area contributed by atoms with E-state index in [1.165, 1.54) is 32.4 Å². The van der Waals surface area contributed by atoms with Crippen LogP contribution < -0.4 is 4.74 Å². The number of aryl methyl sites for hydroxylation is 1. The van der Waals surface area contributed by atoms with Crippen molar-refractivity contribution in [3.05, 3.63) is 60.8 Å². The van der Waals surface area contributed by atoms with E-state index >= 15 is 0 Å². The zero-order valence-electron chi connectivity index (χ0n) is 21.6. The van der Waals surface area contributed by atoms with E-state index in [9.17, 15) is 0 Å². The second-order valence-corrected chi connectivity index (χ2v) is 9.19. The molecule has 0 amide bonds. The van der Waals surface area contributed by atoms with Gasteiger partial charge in [0.2, 0.25) is 5.88 Å². The van der Waals surface area contributed by atoms with Crippen LogP contribution in [0.25, 0.3) is 39.1 Å². The van der Waals surface area contributed by atoms with Crippen molar-refractivity contribution in [3.63, 3.8) is 0 Å². The fourth-order valence-electron chi connectivity index (χ4n) is 4.78. The summed E-state index contributed by atoms with van der Waals surface area (Å²) in [6, 6.07) is 11.5. The summed E-state index contributed by atoms with van der Waals surface area (Å²) in [6.45, 7) is 3.58. The average molecular weight is 511 g/mol. The highest BCUT2D eigenvalue weighted by Gasteiger charge is 2.19. The summed E-state index contributed by atoms with van der Waals surface area (Å²) >= 11 is 0. The highest BCUT2D eigenvalue weighted by molar-refractivity contribution is 5.86. The van der Waals surface area contributed by atoms with Crippen molar-refractivity contribution >= 4 is 16.6 Å². The molecule has 10 nitrogen and oxygen atoms in total. The number of β-amino-alcohol motifs (C(OH)–C–C–N with tert-alkyl or cyclic N) is 1. The zero-order chi connectivity index (χ0) is 26.5. The number of likely N-dealkylation sites (tertiary alicyclic amines) is 1. The molecule has 38 heavy (non-hydrogen) atoms. The number of hydrogen-bond acceptors (Lipinski definition) is 8. The molecule has 5 aromatic rings. The number of nitrogens with zero attached hydrogens (tertiary/aromatic N) is 8. The summed E-state index contributed by atoms with van der Waals surface area (Å²) in [6.07, 6.45) is 11.1. The monoisotopic (exact) mass is 510 g/mol. The van der Waals surface area contributed by atoms with Gasteiger partial charge in [-0.25, -0.2) is 15.0 Å². The van der Waals surface area contributed by atoms with E-state index in [0.29, 0.717) is 23.7 Å². The van der Waals surface area contributed by atoms with Crippen molar-refractivity contribution in [2.24, 2.45) is 7.05 Å². The molecule has 0 radical (unpaired) electrons. The SMILES string of the molecule is COc1nc(-c2ccc(C#N)cc2)c(-c2cnc3c(cnn3C)c2)n2cncc12.OCCN1CCCCC1. The topological polar surface area (TPSA) is 117 Å². The molecular formula is C28H30N8O2. The van der Waals surface area contributed by atoms with Gasteiger partial charge in [-0.15, -0.1) is 0 Å². The zero-order valence-corrected chi connectivity index (χ0v) is 21.6. The lowest BCUT2D eigenvalue weighted by Crippen LogP contribution is -2.31. The van der Waals surface area contributed by atoms with Crippen LogP contribution in [0.1, 0.15) is 24.8 Å². The summed E-state index contributed by atoms with van der Waals surface area (Å²) in [4.78, 5) is 16.0. The molecule has 1 fully saturated rings. The van der Waals surface area contributed by atoms with Gasteiger partial charge in [-0.3, -0.25) is 9.08 Å². The lowest BCUT2D eigenvalue weighted by Gasteiger charge is -2.25. The molecule has 1 N–H and O–H groups in total. The largest absolute Gasteiger partial charge is 0.479 e. The number of hydrogen-bond donors (Lipinski definition) is 1. The van der Waals surface area contributed by atoms with Gasteiger partial charge in [-0.1, -0.05) is 18.6 Å². The molecule has 1 aliphatic heterocycles. The summed E-state index contributed by atoms with van der Waals surface area (Å²) in [5.74, 6) is 0.473. The summed E-state index contributed by atoms with van der Waals surface area (Å²) < 4.78 is 9.18. The minimum absolute atomic E-state index is 0.319. The van der Waals surface area contributed by atoms with Crippen LogP contribution in [0.2, 0.25) is 0 Å². The smallest absolute Gasteiger partial charge is 0.240 e. The minimum Gasteiger partial charge on any atom is -0.479 e. The molecule has 5 heterocycles. The molecule has 0 unspecified atom stereocenters. The first-order valence-corrected chi connectivity index (χ1v) is 12.6. The molecule has 1 aromatic carbocycles. The molecule has 1 aliphatic rings. The Hall–Kier alpha value is -4.33. The van der Waals surface area contributed by atoms with Crippen LogP contribution >= 0.6 is 0 Å². The number of aromatic nitrogens is 6. The number of aliphatic hydroxyl groups excluding tert-OH is 1. The van der Waals surface area contributed by atoms with Crippen molar-refractivity contribution in [2.45, 2.75) is 19.3 Å². The van der Waals surface area contributed by atoms with Crippen LogP contribution in [0.4, 0.5) is 0 Å². The number of rotatable bonds is 5. The third kappa shape index (κ3) is 5.07. The number of methoxy groups -OCH3 is 1. The molecule has 0 aliphatic carbocycles. The first kappa shape index (κ1) is 25.3. The van der Waals surface area contributed by atoms with Gasteiger partial charge in [0, 0.05) is 36.3 Å². The number of benzene rings is 1. The maximum absolute atomic E-state index is 9.12. The van der Waals surface area contributed by atoms with Crippen LogP contribution in [0.15, 0.2) is 55.2 Å². The van der Waals surface area contributed by atoms with Crippen LogP contribution in [0.5, 0.6) is 5.88 Å². The fourth-order valence-corrected chi connectivity index (χ4v) is 4.78. The van der Waals surface area contributed by atoms with Gasteiger partial charge in [0.05, 0.1) is 55.5 Å². The Morgan fingerprint density at radius 3 is 2.55 bits per heavy atom. The Balaban J connectivity index is 0.000000278. The number of piperidine rings is 1. The number of fused-ring (bicyclic) bond motifs is 2. The summed E-state index contributed by atoms with van der Waals surface area (Å²) in [5.41, 5.74) is 5.43. The highest BCUT2D eigenvalue weighted by atomic mass is 16.5. The van der Waals surface area contributed by atoms with Crippen molar-refractivity contribution in [3.8, 4) is 34.5 Å². The Morgan fingerprint density at radius 1 is 1.05 bits per heavy atom. The predicted molar refractivity (Wildman–Crippen MR) is 145 cm³/mol. The molecule has 0 saturated carbocycles. The standard InChI is InChI=1S/C21H15N7O.C7H15NO/c1-27-20-16(10-25-27)7-15(9-24-20)19-18(14-5-3-13(8-22)4-6-14)26-21(29-2)17-11-23-12-28(17)19;9-7-6-8-4-2-1-3-5-8/h3-7,9-12H,1-2H3;9H,1-7H2. The quantitative estimate of drug-likeness (QED) is 0.380. The Kier molecular flexibility index (Phi) is 7.58. The van der Waals surface area contributed by atoms with E-state index in [0.717, 1.165) is 39.9 Å². The molecule has 1 saturated heterocycles. The second-order valence-electron chi connectivity index (χ2n) is 9.19. The van der Waals surface area contributed by atoms with Crippen LogP contribution in [0, 0.1) is 11.3 Å². The van der Waals surface area contributed by atoms with Crippen LogP contribution in [0.3, 0.4) is 0 Å². The first-order chi connectivity index (χ1) is 18.6. The molecule has 10 heteroatoms. The lowest BCUT2D eigenvalue weighted by molar-refractivity contribution is 0.173. The highest BCUT2D eigenvalue weighted by Crippen LogP contribution is 2.35. The van der Waals surface area contributed by atoms with E-state index in [2.05, 4.69) is 26.0 Å². The molecular weight excluding hydrogens is 480 g/mol. The van der Waals surface area contributed by atoms with Gasteiger partial charge in [0.25, 0.3) is 0 Å². The number of imidazole rings is 1. The van der Waals surface area contributed by atoms with Gasteiger partial charge in [-0.2, -0.15) is 10.4 Å². The van der Waals surface area contributed by atoms with Crippen LogP contribution in [-0.4, -0.2) is 72.5 Å². The van der Waals surface area contributed by atoms with Gasteiger partial charge < -0.3 is 14.7 Å². The van der Waals surface area contributed by atoms with Gasteiger partial charge >= 0.3 is 0 Å².